The van der Waals surface area contributed by atoms with Crippen LogP contribution in [0.2, 0.25) is 10.6 Å². The van der Waals surface area contributed by atoms with Gasteiger partial charge < -0.3 is 20.7 Å². The smallest absolute Gasteiger partial charge is 0.328 e. The number of aryl methyl sites for hydroxylation is 1. The van der Waals surface area contributed by atoms with Crippen LogP contribution in [-0.2, 0) is 14.3 Å². The molecule has 214 valence electrons. The highest BCUT2D eigenvalue weighted by Crippen LogP contribution is 2.26. The third-order valence-corrected chi connectivity index (χ3v) is 6.09. The molecule has 0 unspecified atom stereocenters. The van der Waals surface area contributed by atoms with Gasteiger partial charge in [0.15, 0.2) is 0 Å². The Balaban J connectivity index is 1.21. The van der Waals surface area contributed by atoms with Crippen LogP contribution in [-0.4, -0.2) is 37.0 Å². The van der Waals surface area contributed by atoms with Crippen LogP contribution < -0.4 is 20.7 Å². The molecule has 0 radical (unpaired) electrons. The predicted molar refractivity (Wildman–Crippen MR) is 159 cm³/mol. The molecule has 5 rings (SSSR count). The molecular weight excluding hydrogens is 605 g/mol. The summed E-state index contributed by atoms with van der Waals surface area (Å²) in [6.07, 6.45) is 0. The average Bonchev–Trinajstić information content (AvgIpc) is 2.96. The summed E-state index contributed by atoms with van der Waals surface area (Å²) in [7, 11) is 1.34. The molecule has 16 heteroatoms. The molecule has 13 nitrogen and oxygen atoms in total. The molecule has 5 aromatic rings. The zero-order chi connectivity index (χ0) is 29.3. The Bertz CT molecular complexity index is 1630. The summed E-state index contributed by atoms with van der Waals surface area (Å²) in [5.41, 5.74) is 3.36. The van der Waals surface area contributed by atoms with Crippen molar-refractivity contribution in [1.82, 2.24) is 29.9 Å². The van der Waals surface area contributed by atoms with Gasteiger partial charge in [-0.05, 0) is 90.8 Å². The minimum Gasteiger partial charge on any atom is -0.424 e. The summed E-state index contributed by atoms with van der Waals surface area (Å²) in [5, 5.41) is 13.7. The largest absolute Gasteiger partial charge is 0.424 e. The second-order valence-electron chi connectivity index (χ2n) is 8.24. The van der Waals surface area contributed by atoms with Crippen LogP contribution >= 0.6 is 35.2 Å². The number of rotatable bonds is 12. The van der Waals surface area contributed by atoms with Crippen LogP contribution in [0.15, 0.2) is 77.7 Å². The predicted octanol–water partition coefficient (Wildman–Crippen LogP) is 7.21. The lowest BCUT2D eigenvalue weighted by Crippen LogP contribution is -2.04. The van der Waals surface area contributed by atoms with Gasteiger partial charge in [0.1, 0.15) is 5.75 Å². The Hall–Kier alpha value is -4.31. The first-order valence-corrected chi connectivity index (χ1v) is 13.5. The molecule has 3 N–H and O–H groups in total. The highest BCUT2D eigenvalue weighted by molar-refractivity contribution is 7.94. The van der Waals surface area contributed by atoms with Crippen molar-refractivity contribution in [1.29, 1.82) is 0 Å². The molecule has 0 aliphatic rings. The topological polar surface area (TPSA) is 150 Å². The van der Waals surface area contributed by atoms with E-state index in [1.54, 1.807) is 36.4 Å². The van der Waals surface area contributed by atoms with Gasteiger partial charge in [0, 0.05) is 22.0 Å². The van der Waals surface area contributed by atoms with Gasteiger partial charge in [0.05, 0.1) is 19.2 Å². The first-order valence-electron chi connectivity index (χ1n) is 12.0. The number of anilines is 6. The Morgan fingerprint density at radius 2 is 1.12 bits per heavy atom. The molecule has 0 fully saturated rings. The Morgan fingerprint density at radius 3 is 1.67 bits per heavy atom. The lowest BCUT2D eigenvalue weighted by molar-refractivity contribution is -0.447. The molecule has 0 amide bonds. The van der Waals surface area contributed by atoms with E-state index in [1.807, 2.05) is 43.3 Å². The minimum absolute atomic E-state index is 0.0110. The zero-order valence-corrected chi connectivity index (χ0v) is 24.2. The van der Waals surface area contributed by atoms with E-state index in [-0.39, 0.29) is 28.5 Å². The third-order valence-electron chi connectivity index (χ3n) is 5.16. The Kier molecular flexibility index (Phi) is 9.76. The molecule has 0 aliphatic heterocycles. The van der Waals surface area contributed by atoms with E-state index in [1.165, 1.54) is 7.11 Å². The molecule has 2 aromatic heterocycles. The quantitative estimate of drug-likeness (QED) is 0.0553. The van der Waals surface area contributed by atoms with Crippen molar-refractivity contribution < 1.29 is 19.0 Å². The highest BCUT2D eigenvalue weighted by Gasteiger charge is 2.10. The average molecular weight is 626 g/mol. The summed E-state index contributed by atoms with van der Waals surface area (Å²) >= 11 is 13.2. The molecule has 2 heterocycles. The van der Waals surface area contributed by atoms with Crippen LogP contribution in [0.3, 0.4) is 0 Å². The summed E-state index contributed by atoms with van der Waals surface area (Å²) in [4.78, 5) is 30.2. The lowest BCUT2D eigenvalue weighted by Gasteiger charge is -2.10. The van der Waals surface area contributed by atoms with Gasteiger partial charge >= 0.3 is 6.01 Å². The first kappa shape index (κ1) is 29.2. The number of benzene rings is 3. The van der Waals surface area contributed by atoms with Gasteiger partial charge in [-0.3, -0.25) is 0 Å². The van der Waals surface area contributed by atoms with Crippen LogP contribution in [0.25, 0.3) is 0 Å². The third kappa shape index (κ3) is 8.59. The van der Waals surface area contributed by atoms with Crippen LogP contribution in [0.4, 0.5) is 34.9 Å². The monoisotopic (exact) mass is 625 g/mol. The van der Waals surface area contributed by atoms with Gasteiger partial charge in [-0.15, -0.1) is 4.33 Å². The van der Waals surface area contributed by atoms with Crippen molar-refractivity contribution in [2.75, 3.05) is 23.1 Å². The first-order chi connectivity index (χ1) is 20.4. The van der Waals surface area contributed by atoms with E-state index >= 15 is 0 Å². The molecule has 0 spiro atoms. The Labute approximate surface area is 254 Å². The summed E-state index contributed by atoms with van der Waals surface area (Å²) in [5.74, 6) is 1.26. The maximum absolute atomic E-state index is 6.12. The number of nitrogens with zero attached hydrogens (tertiary/aromatic N) is 6. The molecule has 0 atom stereocenters. The van der Waals surface area contributed by atoms with Crippen LogP contribution in [0.5, 0.6) is 11.8 Å². The number of hydrogen-bond donors (Lipinski definition) is 3. The minimum atomic E-state index is -0.0418. The molecule has 42 heavy (non-hydrogen) atoms. The lowest BCUT2D eigenvalue weighted by atomic mass is 10.2. The highest BCUT2D eigenvalue weighted by atomic mass is 35.5. The number of hydrogen-bond acceptors (Lipinski definition) is 14. The fraction of sp³-hybridized carbons (Fsp3) is 0.0769. The molecule has 0 aliphatic carbocycles. The van der Waals surface area contributed by atoms with Crippen molar-refractivity contribution in [2.24, 2.45) is 0 Å². The second kappa shape index (κ2) is 14.0. The standard InChI is InChI=1S/C26H21Cl2N9O4S/c1-15-3-5-16(6-4-15)29-23-32-21(27)33-24(36-23)30-17-7-9-18(10-8-17)31-25-34-22(28)35-26(37-25)39-19-11-13-20(14-12-19)42-41-40-38-2/h3-14H,1-2H3,(H,31,34,35,37)(H2,29,30,32,33,36). The molecule has 0 bridgehead atoms. The fourth-order valence-electron chi connectivity index (χ4n) is 3.31. The molecule has 3 aromatic carbocycles. The van der Waals surface area contributed by atoms with Gasteiger partial charge in [-0.2, -0.15) is 29.9 Å². The van der Waals surface area contributed by atoms with Crippen molar-refractivity contribution in [3.8, 4) is 11.8 Å². The van der Waals surface area contributed by atoms with E-state index in [2.05, 4.69) is 55.8 Å². The number of halogens is 2. The number of aromatic nitrogens is 6. The van der Waals surface area contributed by atoms with Crippen LogP contribution in [0.1, 0.15) is 5.56 Å². The molecule has 0 saturated heterocycles. The van der Waals surface area contributed by atoms with E-state index in [0.29, 0.717) is 23.1 Å². The summed E-state index contributed by atoms with van der Waals surface area (Å²) in [6, 6.07) is 22.0. The van der Waals surface area contributed by atoms with Gasteiger partial charge in [-0.1, -0.05) is 22.7 Å². The van der Waals surface area contributed by atoms with Crippen LogP contribution in [0, 0.1) is 6.92 Å². The van der Waals surface area contributed by atoms with E-state index in [0.717, 1.165) is 28.2 Å². The van der Waals surface area contributed by atoms with Crippen molar-refractivity contribution in [3.63, 3.8) is 0 Å². The second-order valence-corrected chi connectivity index (χ2v) is 9.69. The number of ether oxygens (including phenoxy) is 1. The zero-order valence-electron chi connectivity index (χ0n) is 21.9. The van der Waals surface area contributed by atoms with Crippen molar-refractivity contribution in [3.05, 3.63) is 88.9 Å². The normalized spacial score (nSPS) is 10.8. The SMILES string of the molecule is COOOSc1ccc(Oc2nc(Cl)nc(Nc3ccc(Nc4nc(Cl)nc(Nc5ccc(C)cc5)n4)cc3)n2)cc1. The fourth-order valence-corrected chi connectivity index (χ4v) is 4.03. The molecular formula is C26H21Cl2N9O4S. The van der Waals surface area contributed by atoms with Gasteiger partial charge in [0.25, 0.3) is 0 Å². The maximum atomic E-state index is 6.12. The van der Waals surface area contributed by atoms with E-state index < -0.39 is 0 Å². The summed E-state index contributed by atoms with van der Waals surface area (Å²) < 4.78 is 10.5. The molecule has 0 saturated carbocycles. The van der Waals surface area contributed by atoms with Gasteiger partial charge in [-0.25, -0.2) is 4.89 Å². The Morgan fingerprint density at radius 1 is 0.619 bits per heavy atom. The van der Waals surface area contributed by atoms with Gasteiger partial charge in [0.2, 0.25) is 28.4 Å². The van der Waals surface area contributed by atoms with E-state index in [4.69, 9.17) is 32.3 Å². The number of nitrogens with one attached hydrogen (secondary N) is 3. The van der Waals surface area contributed by atoms with Crippen molar-refractivity contribution >= 4 is 70.2 Å². The van der Waals surface area contributed by atoms with E-state index in [9.17, 15) is 0 Å². The summed E-state index contributed by atoms with van der Waals surface area (Å²) in [6.45, 7) is 2.01. The maximum Gasteiger partial charge on any atom is 0.328 e. The van der Waals surface area contributed by atoms with Crippen molar-refractivity contribution in [2.45, 2.75) is 11.8 Å².